The fourth-order valence-electron chi connectivity index (χ4n) is 5.03. The summed E-state index contributed by atoms with van der Waals surface area (Å²) in [6.07, 6.45) is 5.77. The molecule has 0 spiro atoms. The van der Waals surface area contributed by atoms with Gasteiger partial charge in [0.05, 0.1) is 7.11 Å². The van der Waals surface area contributed by atoms with Crippen LogP contribution in [0.1, 0.15) is 32.1 Å². The fourth-order valence-corrected chi connectivity index (χ4v) is 5.03. The lowest BCUT2D eigenvalue weighted by Gasteiger charge is -2.37. The second-order valence-corrected chi connectivity index (χ2v) is 9.94. The van der Waals surface area contributed by atoms with Crippen LogP contribution in [0.5, 0.6) is 5.88 Å². The van der Waals surface area contributed by atoms with E-state index in [2.05, 4.69) is 26.2 Å². The van der Waals surface area contributed by atoms with Gasteiger partial charge in [-0.3, -0.25) is 4.90 Å². The number of piperazine rings is 1. The maximum Gasteiger partial charge on any atom is 0.317 e. The maximum absolute atomic E-state index is 13.4. The molecular formula is C27H38FN5O2. The Bertz CT molecular complexity index is 968. The Labute approximate surface area is 208 Å². The van der Waals surface area contributed by atoms with Crippen LogP contribution in [-0.4, -0.2) is 80.8 Å². The topological polar surface area (TPSA) is 60.9 Å². The SMILES string of the molecule is COc1cc(-c2ccc(F)cc2)cc(N2CCN(CCC3CCC(NC(=O)N(C)C)CC3)CC2)n1. The first-order valence-corrected chi connectivity index (χ1v) is 12.7. The van der Waals surface area contributed by atoms with Gasteiger partial charge >= 0.3 is 6.03 Å². The first kappa shape index (κ1) is 25.2. The molecule has 35 heavy (non-hydrogen) atoms. The summed E-state index contributed by atoms with van der Waals surface area (Å²) in [5.74, 6) is 1.98. The minimum atomic E-state index is -0.241. The number of nitrogens with one attached hydrogen (secondary N) is 1. The fraction of sp³-hybridized carbons (Fsp3) is 0.556. The summed E-state index contributed by atoms with van der Waals surface area (Å²) in [6, 6.07) is 10.8. The van der Waals surface area contributed by atoms with E-state index in [1.807, 2.05) is 6.07 Å². The maximum atomic E-state index is 13.4. The quantitative estimate of drug-likeness (QED) is 0.638. The van der Waals surface area contributed by atoms with Crippen LogP contribution in [0.15, 0.2) is 36.4 Å². The van der Waals surface area contributed by atoms with Gasteiger partial charge in [0.2, 0.25) is 5.88 Å². The predicted molar refractivity (Wildman–Crippen MR) is 137 cm³/mol. The molecule has 1 aliphatic carbocycles. The van der Waals surface area contributed by atoms with Crippen molar-refractivity contribution >= 4 is 11.8 Å². The van der Waals surface area contributed by atoms with E-state index in [0.29, 0.717) is 11.9 Å². The highest BCUT2D eigenvalue weighted by atomic mass is 19.1. The van der Waals surface area contributed by atoms with Gasteiger partial charge in [0, 0.05) is 52.4 Å². The third-order valence-corrected chi connectivity index (χ3v) is 7.31. The number of nitrogens with zero attached hydrogens (tertiary/aromatic N) is 4. The van der Waals surface area contributed by atoms with Crippen LogP contribution in [-0.2, 0) is 0 Å². The van der Waals surface area contributed by atoms with Gasteiger partial charge in [-0.2, -0.15) is 4.98 Å². The Balaban J connectivity index is 1.25. The van der Waals surface area contributed by atoms with Gasteiger partial charge in [-0.15, -0.1) is 0 Å². The lowest BCUT2D eigenvalue weighted by atomic mass is 9.84. The molecule has 0 unspecified atom stereocenters. The summed E-state index contributed by atoms with van der Waals surface area (Å²) in [5.41, 5.74) is 1.93. The number of carbonyl (C=O) groups excluding carboxylic acids is 1. The van der Waals surface area contributed by atoms with Gasteiger partial charge in [-0.25, -0.2) is 9.18 Å². The van der Waals surface area contributed by atoms with Crippen LogP contribution in [0.2, 0.25) is 0 Å². The molecule has 2 aromatic rings. The van der Waals surface area contributed by atoms with Crippen molar-refractivity contribution in [1.82, 2.24) is 20.1 Å². The first-order chi connectivity index (χ1) is 16.9. The van der Waals surface area contributed by atoms with Gasteiger partial charge < -0.3 is 19.9 Å². The summed E-state index contributed by atoms with van der Waals surface area (Å²) in [5, 5.41) is 3.13. The number of aromatic nitrogens is 1. The zero-order valence-electron chi connectivity index (χ0n) is 21.2. The molecule has 190 valence electrons. The Kier molecular flexibility index (Phi) is 8.44. The molecule has 7 nitrogen and oxygen atoms in total. The van der Waals surface area contributed by atoms with Crippen molar-refractivity contribution in [3.8, 4) is 17.0 Å². The summed E-state index contributed by atoms with van der Waals surface area (Å²) in [7, 11) is 5.20. The van der Waals surface area contributed by atoms with Crippen LogP contribution in [0.25, 0.3) is 11.1 Å². The molecular weight excluding hydrogens is 445 g/mol. The molecule has 1 N–H and O–H groups in total. The minimum Gasteiger partial charge on any atom is -0.481 e. The summed E-state index contributed by atoms with van der Waals surface area (Å²) in [6.45, 7) is 5.00. The standard InChI is InChI=1S/C27H38FN5O2/c1-31(2)27(34)29-24-10-4-20(5-11-24)12-13-32-14-16-33(17-15-32)25-18-22(19-26(30-25)35-3)21-6-8-23(28)9-7-21/h6-9,18-20,24H,4-5,10-17H2,1-3H3,(H,29,34). The molecule has 2 fully saturated rings. The number of pyridine rings is 1. The highest BCUT2D eigenvalue weighted by molar-refractivity contribution is 5.73. The summed E-state index contributed by atoms with van der Waals surface area (Å²) >= 11 is 0. The average molecular weight is 484 g/mol. The van der Waals surface area contributed by atoms with Gasteiger partial charge in [0.15, 0.2) is 0 Å². The van der Waals surface area contributed by atoms with E-state index in [-0.39, 0.29) is 11.8 Å². The highest BCUT2D eigenvalue weighted by Crippen LogP contribution is 2.29. The van der Waals surface area contributed by atoms with Crippen molar-refractivity contribution in [1.29, 1.82) is 0 Å². The number of carbonyl (C=O) groups is 1. The smallest absolute Gasteiger partial charge is 0.317 e. The lowest BCUT2D eigenvalue weighted by Crippen LogP contribution is -2.47. The molecule has 4 rings (SSSR count). The number of anilines is 1. The number of hydrogen-bond donors (Lipinski definition) is 1. The summed E-state index contributed by atoms with van der Waals surface area (Å²) < 4.78 is 18.8. The van der Waals surface area contributed by atoms with E-state index in [9.17, 15) is 9.18 Å². The largest absolute Gasteiger partial charge is 0.481 e. The molecule has 2 heterocycles. The Morgan fingerprint density at radius 3 is 2.37 bits per heavy atom. The second-order valence-electron chi connectivity index (χ2n) is 9.94. The molecule has 1 aliphatic heterocycles. The minimum absolute atomic E-state index is 0.0154. The van der Waals surface area contributed by atoms with Crippen LogP contribution in [0, 0.1) is 11.7 Å². The number of hydrogen-bond acceptors (Lipinski definition) is 5. The number of halogens is 1. The third kappa shape index (κ3) is 6.84. The zero-order chi connectivity index (χ0) is 24.8. The third-order valence-electron chi connectivity index (χ3n) is 7.31. The predicted octanol–water partition coefficient (Wildman–Crippen LogP) is 4.24. The molecule has 1 saturated carbocycles. The monoisotopic (exact) mass is 483 g/mol. The average Bonchev–Trinajstić information content (AvgIpc) is 2.88. The van der Waals surface area contributed by atoms with Gasteiger partial charge in [-0.1, -0.05) is 12.1 Å². The molecule has 1 aromatic heterocycles. The van der Waals surface area contributed by atoms with E-state index < -0.39 is 0 Å². The number of rotatable bonds is 7. The van der Waals surface area contributed by atoms with Gasteiger partial charge in [0.1, 0.15) is 11.6 Å². The van der Waals surface area contributed by atoms with Crippen LogP contribution in [0.3, 0.4) is 0 Å². The van der Waals surface area contributed by atoms with Crippen molar-refractivity contribution in [2.24, 2.45) is 5.92 Å². The van der Waals surface area contributed by atoms with Crippen molar-refractivity contribution in [3.05, 3.63) is 42.2 Å². The van der Waals surface area contributed by atoms with Crippen molar-refractivity contribution in [2.45, 2.75) is 38.1 Å². The first-order valence-electron chi connectivity index (χ1n) is 12.7. The van der Waals surface area contributed by atoms with E-state index in [1.165, 1.54) is 31.4 Å². The molecule has 1 saturated heterocycles. The second kappa shape index (κ2) is 11.7. The molecule has 0 atom stereocenters. The van der Waals surface area contributed by atoms with Gasteiger partial charge in [0.25, 0.3) is 0 Å². The number of methoxy groups -OCH3 is 1. The molecule has 1 aromatic carbocycles. The van der Waals surface area contributed by atoms with Crippen molar-refractivity contribution < 1.29 is 13.9 Å². The van der Waals surface area contributed by atoms with Crippen LogP contribution in [0.4, 0.5) is 15.0 Å². The van der Waals surface area contributed by atoms with E-state index in [1.54, 1.807) is 38.2 Å². The van der Waals surface area contributed by atoms with Crippen LogP contribution < -0.4 is 15.0 Å². The van der Waals surface area contributed by atoms with Crippen LogP contribution >= 0.6 is 0 Å². The zero-order valence-corrected chi connectivity index (χ0v) is 21.2. The molecule has 0 radical (unpaired) electrons. The number of urea groups is 1. The van der Waals surface area contributed by atoms with Crippen molar-refractivity contribution in [2.75, 3.05) is 58.8 Å². The van der Waals surface area contributed by atoms with E-state index >= 15 is 0 Å². The number of ether oxygens (including phenoxy) is 1. The summed E-state index contributed by atoms with van der Waals surface area (Å²) in [4.78, 5) is 23.0. The number of benzene rings is 1. The van der Waals surface area contributed by atoms with E-state index in [4.69, 9.17) is 4.74 Å². The Hall–Kier alpha value is -2.87. The van der Waals surface area contributed by atoms with Gasteiger partial charge in [-0.05, 0) is 73.9 Å². The van der Waals surface area contributed by atoms with E-state index in [0.717, 1.165) is 68.4 Å². The highest BCUT2D eigenvalue weighted by Gasteiger charge is 2.25. The molecule has 8 heteroatoms. The lowest BCUT2D eigenvalue weighted by molar-refractivity contribution is 0.194. The molecule has 2 aliphatic rings. The van der Waals surface area contributed by atoms with Crippen molar-refractivity contribution in [3.63, 3.8) is 0 Å². The Morgan fingerprint density at radius 1 is 1.06 bits per heavy atom. The Morgan fingerprint density at radius 2 is 1.74 bits per heavy atom. The molecule has 2 amide bonds. The number of amides is 2. The normalized spacial score (nSPS) is 21.0. The molecule has 0 bridgehead atoms.